The van der Waals surface area contributed by atoms with Crippen molar-refractivity contribution in [2.75, 3.05) is 27.2 Å². The third-order valence-electron chi connectivity index (χ3n) is 2.67. The number of hydrogen-bond donors (Lipinski definition) is 1. The topological polar surface area (TPSA) is 33.1 Å². The normalized spacial score (nSPS) is 13.6. The summed E-state index contributed by atoms with van der Waals surface area (Å²) < 4.78 is 1.96. The van der Waals surface area contributed by atoms with E-state index in [-0.39, 0.29) is 0 Å². The van der Waals surface area contributed by atoms with E-state index in [0.717, 1.165) is 19.6 Å². The molecule has 0 radical (unpaired) electrons. The molecule has 1 N–H and O–H groups in total. The maximum atomic E-state index is 4.19. The van der Waals surface area contributed by atoms with Crippen LogP contribution < -0.4 is 5.32 Å². The molecule has 1 atom stereocenters. The molecule has 0 spiro atoms. The summed E-state index contributed by atoms with van der Waals surface area (Å²) in [6, 6.07) is 2.50. The first-order valence-corrected chi connectivity index (χ1v) is 5.95. The molecule has 0 aliphatic rings. The van der Waals surface area contributed by atoms with Crippen LogP contribution in [0.1, 0.15) is 13.8 Å². The van der Waals surface area contributed by atoms with Gasteiger partial charge in [0.15, 0.2) is 0 Å². The van der Waals surface area contributed by atoms with Crippen LogP contribution in [0.4, 0.5) is 0 Å². The van der Waals surface area contributed by atoms with Crippen LogP contribution in [-0.4, -0.2) is 47.9 Å². The lowest BCUT2D eigenvalue weighted by atomic mass is 10.0. The molecule has 1 aromatic heterocycles. The van der Waals surface area contributed by atoms with E-state index in [0.29, 0.717) is 12.0 Å². The predicted octanol–water partition coefficient (Wildman–Crippen LogP) is 1.06. The van der Waals surface area contributed by atoms with Gasteiger partial charge in [-0.15, -0.1) is 0 Å². The molecule has 0 aliphatic heterocycles. The third-order valence-corrected chi connectivity index (χ3v) is 2.67. The van der Waals surface area contributed by atoms with Gasteiger partial charge in [0.1, 0.15) is 0 Å². The highest BCUT2D eigenvalue weighted by molar-refractivity contribution is 4.78. The molecule has 0 fully saturated rings. The van der Waals surface area contributed by atoms with E-state index in [2.05, 4.69) is 43.3 Å². The Labute approximate surface area is 98.6 Å². The molecular formula is C12H24N4. The largest absolute Gasteiger partial charge is 0.311 e. The molecule has 4 nitrogen and oxygen atoms in total. The number of rotatable bonds is 7. The fourth-order valence-electron chi connectivity index (χ4n) is 1.70. The van der Waals surface area contributed by atoms with Crippen molar-refractivity contribution in [2.45, 2.75) is 26.4 Å². The summed E-state index contributed by atoms with van der Waals surface area (Å²) in [5.41, 5.74) is 0. The molecule has 0 aromatic carbocycles. The van der Waals surface area contributed by atoms with Gasteiger partial charge >= 0.3 is 0 Å². The van der Waals surface area contributed by atoms with Gasteiger partial charge in [0.2, 0.25) is 0 Å². The average molecular weight is 224 g/mol. The van der Waals surface area contributed by atoms with Gasteiger partial charge in [-0.2, -0.15) is 5.10 Å². The van der Waals surface area contributed by atoms with Crippen LogP contribution in [0.25, 0.3) is 0 Å². The van der Waals surface area contributed by atoms with E-state index in [1.54, 1.807) is 0 Å². The van der Waals surface area contributed by atoms with E-state index < -0.39 is 0 Å². The van der Waals surface area contributed by atoms with E-state index in [9.17, 15) is 0 Å². The monoisotopic (exact) mass is 224 g/mol. The lowest BCUT2D eigenvalue weighted by molar-refractivity contribution is 0.286. The minimum absolute atomic E-state index is 0.547. The van der Waals surface area contributed by atoms with Crippen molar-refractivity contribution < 1.29 is 0 Å². The van der Waals surface area contributed by atoms with Crippen LogP contribution in [0.3, 0.4) is 0 Å². The molecule has 1 heterocycles. The van der Waals surface area contributed by atoms with E-state index in [1.807, 2.05) is 23.1 Å². The Kier molecular flexibility index (Phi) is 5.49. The van der Waals surface area contributed by atoms with E-state index in [4.69, 9.17) is 0 Å². The fraction of sp³-hybridized carbons (Fsp3) is 0.750. The van der Waals surface area contributed by atoms with Crippen LogP contribution >= 0.6 is 0 Å². The number of nitrogens with one attached hydrogen (secondary N) is 1. The first-order valence-electron chi connectivity index (χ1n) is 5.95. The molecule has 1 aromatic rings. The third kappa shape index (κ3) is 4.77. The highest BCUT2D eigenvalue weighted by Crippen LogP contribution is 2.02. The Morgan fingerprint density at radius 3 is 2.62 bits per heavy atom. The van der Waals surface area contributed by atoms with E-state index >= 15 is 0 Å². The molecule has 92 valence electrons. The van der Waals surface area contributed by atoms with Crippen molar-refractivity contribution in [3.05, 3.63) is 18.5 Å². The second-order valence-corrected chi connectivity index (χ2v) is 4.84. The van der Waals surface area contributed by atoms with Gasteiger partial charge in [-0.1, -0.05) is 13.8 Å². The standard InChI is InChI=1S/C12H24N4/c1-11(2)12(10-15(3)4)13-7-9-16-8-5-6-14-16/h5-6,8,11-13H,7,9-10H2,1-4H3. The Morgan fingerprint density at radius 1 is 1.38 bits per heavy atom. The number of hydrogen-bond acceptors (Lipinski definition) is 3. The quantitative estimate of drug-likeness (QED) is 0.752. The second kappa shape index (κ2) is 6.66. The Balaban J connectivity index is 2.27. The molecular weight excluding hydrogens is 200 g/mol. The molecule has 1 unspecified atom stereocenters. The molecule has 0 saturated heterocycles. The van der Waals surface area contributed by atoms with Crippen LogP contribution in [0, 0.1) is 5.92 Å². The molecule has 16 heavy (non-hydrogen) atoms. The zero-order chi connectivity index (χ0) is 12.0. The van der Waals surface area contributed by atoms with Gasteiger partial charge in [0.05, 0.1) is 6.54 Å². The van der Waals surface area contributed by atoms with Gasteiger partial charge < -0.3 is 10.2 Å². The molecule has 0 aliphatic carbocycles. The minimum Gasteiger partial charge on any atom is -0.311 e. The van der Waals surface area contributed by atoms with Crippen LogP contribution in [0.2, 0.25) is 0 Å². The minimum atomic E-state index is 0.547. The first-order chi connectivity index (χ1) is 7.59. The summed E-state index contributed by atoms with van der Waals surface area (Å²) in [5, 5.41) is 7.77. The number of aromatic nitrogens is 2. The summed E-state index contributed by atoms with van der Waals surface area (Å²) in [6.07, 6.45) is 3.82. The summed E-state index contributed by atoms with van der Waals surface area (Å²) in [5.74, 6) is 0.653. The van der Waals surface area contributed by atoms with Crippen molar-refractivity contribution in [3.8, 4) is 0 Å². The smallest absolute Gasteiger partial charge is 0.0534 e. The maximum absolute atomic E-state index is 4.19. The summed E-state index contributed by atoms with van der Waals surface area (Å²) in [6.45, 7) is 7.50. The Morgan fingerprint density at radius 2 is 2.12 bits per heavy atom. The zero-order valence-corrected chi connectivity index (χ0v) is 10.8. The van der Waals surface area contributed by atoms with Crippen molar-refractivity contribution in [1.82, 2.24) is 20.0 Å². The molecule has 0 bridgehead atoms. The molecule has 4 heteroatoms. The number of nitrogens with zero attached hydrogens (tertiary/aromatic N) is 3. The Hall–Kier alpha value is -0.870. The van der Waals surface area contributed by atoms with Gasteiger partial charge in [0, 0.05) is 31.5 Å². The van der Waals surface area contributed by atoms with Crippen molar-refractivity contribution in [1.29, 1.82) is 0 Å². The van der Waals surface area contributed by atoms with Crippen LogP contribution in [-0.2, 0) is 6.54 Å². The maximum Gasteiger partial charge on any atom is 0.0534 e. The number of likely N-dealkylation sites (N-methyl/N-ethyl adjacent to an activating group) is 1. The summed E-state index contributed by atoms with van der Waals surface area (Å²) in [7, 11) is 4.23. The molecule has 1 rings (SSSR count). The molecule has 0 saturated carbocycles. The lowest BCUT2D eigenvalue weighted by Gasteiger charge is -2.25. The Bertz CT molecular complexity index is 267. The van der Waals surface area contributed by atoms with Gasteiger partial charge in [0.25, 0.3) is 0 Å². The average Bonchev–Trinajstić information content (AvgIpc) is 2.68. The van der Waals surface area contributed by atoms with E-state index in [1.165, 1.54) is 0 Å². The summed E-state index contributed by atoms with van der Waals surface area (Å²) >= 11 is 0. The van der Waals surface area contributed by atoms with Crippen molar-refractivity contribution in [3.63, 3.8) is 0 Å². The highest BCUT2D eigenvalue weighted by Gasteiger charge is 2.12. The lowest BCUT2D eigenvalue weighted by Crippen LogP contribution is -2.43. The van der Waals surface area contributed by atoms with Gasteiger partial charge in [-0.25, -0.2) is 0 Å². The zero-order valence-electron chi connectivity index (χ0n) is 10.8. The first kappa shape index (κ1) is 13.2. The van der Waals surface area contributed by atoms with Crippen molar-refractivity contribution >= 4 is 0 Å². The van der Waals surface area contributed by atoms with Crippen molar-refractivity contribution in [2.24, 2.45) is 5.92 Å². The summed E-state index contributed by atoms with van der Waals surface area (Å²) in [4.78, 5) is 2.23. The van der Waals surface area contributed by atoms with Crippen LogP contribution in [0.15, 0.2) is 18.5 Å². The SMILES string of the molecule is CC(C)C(CN(C)C)NCCn1cccn1. The van der Waals surface area contributed by atoms with Gasteiger partial charge in [-0.05, 0) is 26.1 Å². The van der Waals surface area contributed by atoms with Gasteiger partial charge in [-0.3, -0.25) is 4.68 Å². The highest BCUT2D eigenvalue weighted by atomic mass is 15.3. The molecule has 0 amide bonds. The predicted molar refractivity (Wildman–Crippen MR) is 67.4 cm³/mol. The van der Waals surface area contributed by atoms with Crippen LogP contribution in [0.5, 0.6) is 0 Å². The fourth-order valence-corrected chi connectivity index (χ4v) is 1.70. The second-order valence-electron chi connectivity index (χ2n) is 4.84.